The number of hydrogen-bond acceptors (Lipinski definition) is 2. The molecular weight excluding hydrogens is 283 g/mol. The van der Waals surface area contributed by atoms with Crippen LogP contribution in [0.1, 0.15) is 25.8 Å². The van der Waals surface area contributed by atoms with Gasteiger partial charge in [0.05, 0.1) is 5.41 Å². The summed E-state index contributed by atoms with van der Waals surface area (Å²) < 4.78 is 0. The van der Waals surface area contributed by atoms with Crippen LogP contribution in [0.25, 0.3) is 0 Å². The van der Waals surface area contributed by atoms with Gasteiger partial charge in [-0.15, -0.1) is 0 Å². The van der Waals surface area contributed by atoms with Crippen LogP contribution in [-0.4, -0.2) is 24.4 Å². The molecule has 3 nitrogen and oxygen atoms in total. The molecule has 0 heterocycles. The molecule has 1 atom stereocenters. The van der Waals surface area contributed by atoms with Crippen LogP contribution in [0.5, 0.6) is 0 Å². The van der Waals surface area contributed by atoms with Crippen LogP contribution >= 0.6 is 23.2 Å². The molecule has 0 radical (unpaired) electrons. The highest BCUT2D eigenvalue weighted by Gasteiger charge is 2.32. The Bertz CT molecular complexity index is 439. The number of halogens is 2. The maximum Gasteiger partial charge on any atom is 0.229 e. The Morgan fingerprint density at radius 2 is 1.84 bits per heavy atom. The first-order valence-electron chi connectivity index (χ1n) is 6.23. The van der Waals surface area contributed by atoms with Crippen molar-refractivity contribution in [2.24, 2.45) is 11.1 Å². The number of nitrogens with two attached hydrogens (primary N) is 1. The van der Waals surface area contributed by atoms with E-state index in [4.69, 9.17) is 28.9 Å². The first-order chi connectivity index (χ1) is 8.82. The van der Waals surface area contributed by atoms with Gasteiger partial charge in [0, 0.05) is 30.2 Å². The van der Waals surface area contributed by atoms with E-state index in [-0.39, 0.29) is 5.91 Å². The van der Waals surface area contributed by atoms with E-state index in [1.54, 1.807) is 18.0 Å². The molecule has 0 aromatic heterocycles. The van der Waals surface area contributed by atoms with Gasteiger partial charge in [-0.1, -0.05) is 30.1 Å². The Kier molecular flexibility index (Phi) is 5.65. The summed E-state index contributed by atoms with van der Waals surface area (Å²) in [5.74, 6) is 0.0357. The third-order valence-corrected chi connectivity index (χ3v) is 3.87. The van der Waals surface area contributed by atoms with Gasteiger partial charge in [-0.25, -0.2) is 0 Å². The number of amides is 1. The predicted octanol–water partition coefficient (Wildman–Crippen LogP) is 3.33. The monoisotopic (exact) mass is 302 g/mol. The standard InChI is InChI=1S/C14H20Cl2N2O/c1-4-14(2,9-17)13(19)18(3)8-10-5-11(15)7-12(16)6-10/h5-7H,4,8-9,17H2,1-3H3. The number of rotatable bonds is 5. The van der Waals surface area contributed by atoms with Gasteiger partial charge in [-0.2, -0.15) is 0 Å². The van der Waals surface area contributed by atoms with E-state index in [9.17, 15) is 4.79 Å². The van der Waals surface area contributed by atoms with Crippen LogP contribution in [0, 0.1) is 5.41 Å². The van der Waals surface area contributed by atoms with Crippen molar-refractivity contribution in [1.82, 2.24) is 4.90 Å². The van der Waals surface area contributed by atoms with Gasteiger partial charge in [-0.05, 0) is 37.1 Å². The van der Waals surface area contributed by atoms with Crippen molar-refractivity contribution in [2.45, 2.75) is 26.8 Å². The molecular formula is C14H20Cl2N2O. The van der Waals surface area contributed by atoms with Crippen molar-refractivity contribution < 1.29 is 4.79 Å². The molecule has 0 saturated carbocycles. The maximum atomic E-state index is 12.4. The molecule has 1 unspecified atom stereocenters. The third kappa shape index (κ3) is 4.10. The summed E-state index contributed by atoms with van der Waals surface area (Å²) in [6, 6.07) is 5.29. The molecule has 0 aliphatic heterocycles. The molecule has 1 aromatic rings. The average molecular weight is 303 g/mol. The molecule has 1 amide bonds. The summed E-state index contributed by atoms with van der Waals surface area (Å²) >= 11 is 11.9. The van der Waals surface area contributed by atoms with Crippen LogP contribution in [0.15, 0.2) is 18.2 Å². The van der Waals surface area contributed by atoms with Crippen molar-refractivity contribution in [2.75, 3.05) is 13.6 Å². The van der Waals surface area contributed by atoms with Crippen LogP contribution in [0.4, 0.5) is 0 Å². The molecule has 106 valence electrons. The van der Waals surface area contributed by atoms with Crippen molar-refractivity contribution in [3.8, 4) is 0 Å². The molecule has 2 N–H and O–H groups in total. The Morgan fingerprint density at radius 1 is 1.32 bits per heavy atom. The smallest absolute Gasteiger partial charge is 0.229 e. The van der Waals surface area contributed by atoms with Crippen molar-refractivity contribution in [3.63, 3.8) is 0 Å². The van der Waals surface area contributed by atoms with E-state index in [0.29, 0.717) is 29.6 Å². The Labute approximate surface area is 124 Å². The highest BCUT2D eigenvalue weighted by atomic mass is 35.5. The molecule has 1 aromatic carbocycles. The number of carbonyl (C=O) groups excluding carboxylic acids is 1. The second kappa shape index (κ2) is 6.60. The fourth-order valence-corrected chi connectivity index (χ4v) is 2.46. The summed E-state index contributed by atoms with van der Waals surface area (Å²) in [7, 11) is 1.76. The van der Waals surface area contributed by atoms with E-state index in [1.807, 2.05) is 26.0 Å². The lowest BCUT2D eigenvalue weighted by atomic mass is 9.86. The fraction of sp³-hybridized carbons (Fsp3) is 0.500. The molecule has 0 spiro atoms. The van der Waals surface area contributed by atoms with Gasteiger partial charge in [0.25, 0.3) is 0 Å². The third-order valence-electron chi connectivity index (χ3n) is 3.44. The molecule has 19 heavy (non-hydrogen) atoms. The SMILES string of the molecule is CCC(C)(CN)C(=O)N(C)Cc1cc(Cl)cc(Cl)c1. The fourth-order valence-electron chi connectivity index (χ4n) is 1.89. The summed E-state index contributed by atoms with van der Waals surface area (Å²) in [6.45, 7) is 4.66. The minimum Gasteiger partial charge on any atom is -0.341 e. The molecule has 0 bridgehead atoms. The average Bonchev–Trinajstić information content (AvgIpc) is 2.35. The molecule has 0 saturated heterocycles. The van der Waals surface area contributed by atoms with Crippen molar-refractivity contribution in [1.29, 1.82) is 0 Å². The number of nitrogens with zero attached hydrogens (tertiary/aromatic N) is 1. The zero-order valence-corrected chi connectivity index (χ0v) is 13.1. The summed E-state index contributed by atoms with van der Waals surface area (Å²) in [4.78, 5) is 14.0. The van der Waals surface area contributed by atoms with E-state index in [1.165, 1.54) is 0 Å². The lowest BCUT2D eigenvalue weighted by Crippen LogP contribution is -2.44. The summed E-state index contributed by atoms with van der Waals surface area (Å²) in [5.41, 5.74) is 6.10. The molecule has 0 fully saturated rings. The van der Waals surface area contributed by atoms with Gasteiger partial charge >= 0.3 is 0 Å². The van der Waals surface area contributed by atoms with Gasteiger partial charge in [0.2, 0.25) is 5.91 Å². The van der Waals surface area contributed by atoms with Gasteiger partial charge in [0.1, 0.15) is 0 Å². The van der Waals surface area contributed by atoms with Gasteiger partial charge < -0.3 is 10.6 Å². The second-order valence-corrected chi connectivity index (χ2v) is 5.93. The Morgan fingerprint density at radius 3 is 2.26 bits per heavy atom. The minimum absolute atomic E-state index is 0.0357. The largest absolute Gasteiger partial charge is 0.341 e. The van der Waals surface area contributed by atoms with Gasteiger partial charge in [0.15, 0.2) is 0 Å². The number of benzene rings is 1. The Balaban J connectivity index is 2.84. The molecule has 5 heteroatoms. The lowest BCUT2D eigenvalue weighted by Gasteiger charge is -2.30. The highest BCUT2D eigenvalue weighted by Crippen LogP contribution is 2.24. The van der Waals surface area contributed by atoms with Crippen LogP contribution in [-0.2, 0) is 11.3 Å². The first kappa shape index (κ1) is 16.3. The van der Waals surface area contributed by atoms with Crippen LogP contribution in [0.3, 0.4) is 0 Å². The van der Waals surface area contributed by atoms with Crippen LogP contribution < -0.4 is 5.73 Å². The van der Waals surface area contributed by atoms with E-state index >= 15 is 0 Å². The Hall–Kier alpha value is -0.770. The predicted molar refractivity (Wildman–Crippen MR) is 80.4 cm³/mol. The van der Waals surface area contributed by atoms with Crippen molar-refractivity contribution >= 4 is 29.1 Å². The van der Waals surface area contributed by atoms with E-state index in [2.05, 4.69) is 0 Å². The summed E-state index contributed by atoms with van der Waals surface area (Å²) in [5, 5.41) is 1.14. The van der Waals surface area contributed by atoms with E-state index in [0.717, 1.165) is 5.56 Å². The number of carbonyl (C=O) groups is 1. The molecule has 1 rings (SSSR count). The van der Waals surface area contributed by atoms with Gasteiger partial charge in [-0.3, -0.25) is 4.79 Å². The topological polar surface area (TPSA) is 46.3 Å². The van der Waals surface area contributed by atoms with Crippen LogP contribution in [0.2, 0.25) is 10.0 Å². The number of hydrogen-bond donors (Lipinski definition) is 1. The lowest BCUT2D eigenvalue weighted by molar-refractivity contribution is -0.140. The minimum atomic E-state index is -0.517. The maximum absolute atomic E-state index is 12.4. The normalized spacial score (nSPS) is 14.0. The molecule has 0 aliphatic carbocycles. The first-order valence-corrected chi connectivity index (χ1v) is 6.98. The molecule has 0 aliphatic rings. The highest BCUT2D eigenvalue weighted by molar-refractivity contribution is 6.34. The van der Waals surface area contributed by atoms with Crippen molar-refractivity contribution in [3.05, 3.63) is 33.8 Å². The second-order valence-electron chi connectivity index (χ2n) is 5.06. The zero-order valence-electron chi connectivity index (χ0n) is 11.5. The summed E-state index contributed by atoms with van der Waals surface area (Å²) in [6.07, 6.45) is 0.711. The quantitative estimate of drug-likeness (QED) is 0.907. The zero-order chi connectivity index (χ0) is 14.6. The van der Waals surface area contributed by atoms with E-state index < -0.39 is 5.41 Å².